The highest BCUT2D eigenvalue weighted by Gasteiger charge is 2.47. The number of carbonyl (C=O) groups excluding carboxylic acids is 3. The molecule has 32 heavy (non-hydrogen) atoms. The molecule has 0 spiro atoms. The lowest BCUT2D eigenvalue weighted by molar-refractivity contribution is -0.186. The fourth-order valence-corrected chi connectivity index (χ4v) is 4.37. The van der Waals surface area contributed by atoms with Gasteiger partial charge in [-0.15, -0.1) is 11.8 Å². The number of hydrogen-bond donors (Lipinski definition) is 0. The molecule has 1 fully saturated rings. The smallest absolute Gasteiger partial charge is 0.303 e. The van der Waals surface area contributed by atoms with E-state index in [0.717, 1.165) is 6.07 Å². The third-order valence-electron chi connectivity index (χ3n) is 4.33. The van der Waals surface area contributed by atoms with Crippen molar-refractivity contribution >= 4 is 29.7 Å². The highest BCUT2D eigenvalue weighted by Crippen LogP contribution is 2.34. The summed E-state index contributed by atoms with van der Waals surface area (Å²) in [6.45, 7) is 3.59. The summed E-state index contributed by atoms with van der Waals surface area (Å²) >= 11 is 1.17. The highest BCUT2D eigenvalue weighted by atomic mass is 32.2. The second-order valence-electron chi connectivity index (χ2n) is 6.85. The zero-order valence-corrected chi connectivity index (χ0v) is 18.3. The maximum atomic E-state index is 14.7. The summed E-state index contributed by atoms with van der Waals surface area (Å²) in [4.78, 5) is 42.8. The van der Waals surface area contributed by atoms with Gasteiger partial charge in [-0.3, -0.25) is 19.4 Å². The largest absolute Gasteiger partial charge is 0.474 e. The number of hydrogen-bond acceptors (Lipinski definition) is 10. The number of pyridine rings is 2. The van der Waals surface area contributed by atoms with Gasteiger partial charge in [0.25, 0.3) is 0 Å². The SMILES string of the molecule is CC(=O)O[C@@H]1[C@@H](OC(C)=O)[C@H](OC(C)=O)CS[C@H]1Oc1cnc(-c2ccncc2)c(F)c1. The number of ether oxygens (including phenoxy) is 4. The minimum Gasteiger partial charge on any atom is -0.474 e. The molecule has 3 heterocycles. The van der Waals surface area contributed by atoms with Gasteiger partial charge in [-0.2, -0.15) is 0 Å². The second kappa shape index (κ2) is 10.4. The molecular weight excluding hydrogens is 443 g/mol. The molecule has 1 aliphatic heterocycles. The molecule has 0 unspecified atom stereocenters. The molecule has 0 aliphatic carbocycles. The van der Waals surface area contributed by atoms with E-state index in [1.165, 1.54) is 51.1 Å². The van der Waals surface area contributed by atoms with Gasteiger partial charge in [0.1, 0.15) is 11.4 Å². The first-order valence-electron chi connectivity index (χ1n) is 9.60. The molecule has 0 bridgehead atoms. The van der Waals surface area contributed by atoms with Crippen LogP contribution in [-0.2, 0) is 28.6 Å². The monoisotopic (exact) mass is 464 g/mol. The average molecular weight is 464 g/mol. The Balaban J connectivity index is 1.85. The van der Waals surface area contributed by atoms with Crippen LogP contribution in [0.15, 0.2) is 36.8 Å². The van der Waals surface area contributed by atoms with Crippen LogP contribution in [0, 0.1) is 5.82 Å². The third kappa shape index (κ3) is 5.94. The predicted octanol–water partition coefficient (Wildman–Crippen LogP) is 2.53. The lowest BCUT2D eigenvalue weighted by atomic mass is 10.1. The van der Waals surface area contributed by atoms with Crippen molar-refractivity contribution in [3.05, 3.63) is 42.6 Å². The van der Waals surface area contributed by atoms with Gasteiger partial charge in [-0.25, -0.2) is 9.37 Å². The van der Waals surface area contributed by atoms with Gasteiger partial charge < -0.3 is 18.9 Å². The number of aromatic nitrogens is 2. The zero-order chi connectivity index (χ0) is 23.3. The molecule has 0 N–H and O–H groups in total. The van der Waals surface area contributed by atoms with Crippen molar-refractivity contribution in [3.8, 4) is 17.0 Å². The third-order valence-corrected chi connectivity index (χ3v) is 5.54. The molecule has 1 aliphatic rings. The van der Waals surface area contributed by atoms with Crippen LogP contribution in [0.1, 0.15) is 20.8 Å². The number of halogens is 1. The lowest BCUT2D eigenvalue weighted by Crippen LogP contribution is -2.55. The Morgan fingerprint density at radius 2 is 1.62 bits per heavy atom. The summed E-state index contributed by atoms with van der Waals surface area (Å²) in [5.74, 6) is -2.21. The Bertz CT molecular complexity index is 991. The van der Waals surface area contributed by atoms with Gasteiger partial charge >= 0.3 is 17.9 Å². The van der Waals surface area contributed by atoms with Crippen molar-refractivity contribution in [1.82, 2.24) is 9.97 Å². The molecule has 2 aromatic rings. The highest BCUT2D eigenvalue weighted by molar-refractivity contribution is 7.99. The van der Waals surface area contributed by atoms with E-state index in [9.17, 15) is 18.8 Å². The Hall–Kier alpha value is -3.21. The zero-order valence-electron chi connectivity index (χ0n) is 17.5. The number of esters is 3. The van der Waals surface area contributed by atoms with Crippen LogP contribution in [0.2, 0.25) is 0 Å². The van der Waals surface area contributed by atoms with Gasteiger partial charge in [0.2, 0.25) is 0 Å². The van der Waals surface area contributed by atoms with E-state index >= 15 is 0 Å². The van der Waals surface area contributed by atoms with Crippen LogP contribution in [0.3, 0.4) is 0 Å². The summed E-state index contributed by atoms with van der Waals surface area (Å²) < 4.78 is 36.4. The van der Waals surface area contributed by atoms with Crippen LogP contribution in [-0.4, -0.2) is 57.4 Å². The first kappa shape index (κ1) is 23.5. The van der Waals surface area contributed by atoms with Gasteiger partial charge in [0, 0.05) is 50.5 Å². The molecule has 1 saturated heterocycles. The summed E-state index contributed by atoms with van der Waals surface area (Å²) in [7, 11) is 0. The molecular formula is C21H21FN2O7S. The average Bonchev–Trinajstić information content (AvgIpc) is 2.72. The number of thioether (sulfide) groups is 1. The van der Waals surface area contributed by atoms with Crippen molar-refractivity contribution in [2.75, 3.05) is 5.75 Å². The van der Waals surface area contributed by atoms with Gasteiger partial charge in [-0.1, -0.05) is 0 Å². The van der Waals surface area contributed by atoms with Crippen LogP contribution >= 0.6 is 11.8 Å². The van der Waals surface area contributed by atoms with Gasteiger partial charge in [-0.05, 0) is 12.1 Å². The Labute approximate surface area is 187 Å². The van der Waals surface area contributed by atoms with Crippen LogP contribution in [0.5, 0.6) is 5.75 Å². The maximum Gasteiger partial charge on any atom is 0.303 e. The molecule has 2 aromatic heterocycles. The first-order chi connectivity index (χ1) is 15.2. The van der Waals surface area contributed by atoms with Gasteiger partial charge in [0.05, 0.1) is 6.20 Å². The number of rotatable bonds is 6. The summed E-state index contributed by atoms with van der Waals surface area (Å²) in [6, 6.07) is 4.41. The lowest BCUT2D eigenvalue weighted by Gasteiger charge is -2.39. The van der Waals surface area contributed by atoms with E-state index in [-0.39, 0.29) is 17.2 Å². The van der Waals surface area contributed by atoms with Crippen molar-refractivity contribution in [1.29, 1.82) is 0 Å². The van der Waals surface area contributed by atoms with E-state index < -0.39 is 47.5 Å². The molecule has 9 nitrogen and oxygen atoms in total. The first-order valence-corrected chi connectivity index (χ1v) is 10.7. The van der Waals surface area contributed by atoms with Crippen LogP contribution < -0.4 is 4.74 Å². The van der Waals surface area contributed by atoms with E-state index in [2.05, 4.69) is 9.97 Å². The van der Waals surface area contributed by atoms with E-state index in [0.29, 0.717) is 5.56 Å². The van der Waals surface area contributed by atoms with Gasteiger partial charge in [0.15, 0.2) is 29.6 Å². The standard InChI is InChI=1S/C21H21FN2O7S/c1-11(25)28-17-10-32-21(20(30-13(3)27)19(17)29-12(2)26)31-15-8-16(22)18(24-9-15)14-4-6-23-7-5-14/h4-9,17,19-21H,10H2,1-3H3/t17-,19+,20-,21-/m1/s1. The van der Waals surface area contributed by atoms with Crippen molar-refractivity contribution in [3.63, 3.8) is 0 Å². The molecule has 0 radical (unpaired) electrons. The minimum atomic E-state index is -1.11. The molecule has 0 amide bonds. The van der Waals surface area contributed by atoms with Crippen molar-refractivity contribution in [2.45, 2.75) is 44.5 Å². The molecule has 170 valence electrons. The number of nitrogens with zero attached hydrogens (tertiary/aromatic N) is 2. The molecule has 3 rings (SSSR count). The number of carbonyl (C=O) groups is 3. The minimum absolute atomic E-state index is 0.0856. The fourth-order valence-electron chi connectivity index (χ4n) is 3.15. The second-order valence-corrected chi connectivity index (χ2v) is 7.98. The Morgan fingerprint density at radius 1 is 1.00 bits per heavy atom. The van der Waals surface area contributed by atoms with E-state index in [1.54, 1.807) is 12.1 Å². The molecule has 0 aromatic carbocycles. The van der Waals surface area contributed by atoms with Crippen LogP contribution in [0.4, 0.5) is 4.39 Å². The summed E-state index contributed by atoms with van der Waals surface area (Å²) in [5, 5.41) is 0. The fraction of sp³-hybridized carbons (Fsp3) is 0.381. The normalized spacial score (nSPS) is 22.5. The molecule has 0 saturated carbocycles. The molecule has 11 heteroatoms. The summed E-state index contributed by atoms with van der Waals surface area (Å²) in [6.07, 6.45) is 1.33. The van der Waals surface area contributed by atoms with Crippen LogP contribution in [0.25, 0.3) is 11.3 Å². The summed E-state index contributed by atoms with van der Waals surface area (Å²) in [5.41, 5.74) is -0.198. The quantitative estimate of drug-likeness (QED) is 0.467. The predicted molar refractivity (Wildman–Crippen MR) is 111 cm³/mol. The van der Waals surface area contributed by atoms with E-state index in [4.69, 9.17) is 18.9 Å². The van der Waals surface area contributed by atoms with Crippen molar-refractivity contribution in [2.24, 2.45) is 0 Å². The molecule has 4 atom stereocenters. The Morgan fingerprint density at radius 3 is 2.22 bits per heavy atom. The topological polar surface area (TPSA) is 114 Å². The maximum absolute atomic E-state index is 14.7. The van der Waals surface area contributed by atoms with E-state index in [1.807, 2.05) is 0 Å². The Kier molecular flexibility index (Phi) is 7.62. The van der Waals surface area contributed by atoms with Crippen molar-refractivity contribution < 1.29 is 37.7 Å².